The summed E-state index contributed by atoms with van der Waals surface area (Å²) in [6, 6.07) is 7.28. The molecule has 2 aromatic rings. The van der Waals surface area contributed by atoms with E-state index in [0.29, 0.717) is 11.1 Å². The van der Waals surface area contributed by atoms with Crippen LogP contribution in [0.2, 0.25) is 0 Å². The van der Waals surface area contributed by atoms with Crippen LogP contribution in [-0.4, -0.2) is 57.1 Å². The molecule has 6 nitrogen and oxygen atoms in total. The van der Waals surface area contributed by atoms with Gasteiger partial charge in [0, 0.05) is 47.5 Å². The van der Waals surface area contributed by atoms with Crippen LogP contribution in [0.1, 0.15) is 129 Å². The molecule has 1 fully saturated rings. The summed E-state index contributed by atoms with van der Waals surface area (Å²) in [5, 5.41) is 43.5. The average Bonchev–Trinajstić information content (AvgIpc) is 2.82. The molecule has 0 bridgehead atoms. The monoisotopic (exact) mass is 578 g/mol. The van der Waals surface area contributed by atoms with Crippen molar-refractivity contribution in [2.24, 2.45) is 9.98 Å². The molecule has 1 aliphatic rings. The number of aromatic hydroxyl groups is 2. The fourth-order valence-electron chi connectivity index (χ4n) is 5.32. The standard InChI is InChI=1S/C36H54N2O4/c1-33(2,3)23-13-21(31(41)25(15-23)35(7,8)9)19-37-27-17-29(39)30(40)18-28(27)38-20-22-14-24(34(4,5)6)16-26(32(22)42)36(10,11)12/h13-16,19-20,27-30,39-42H,17-18H2,1-12H3/t27-,28+,29+,30-. The molecular formula is C36H54N2O4. The molecule has 232 valence electrons. The van der Waals surface area contributed by atoms with Gasteiger partial charge in [-0.25, -0.2) is 0 Å². The van der Waals surface area contributed by atoms with Crippen molar-refractivity contribution >= 4 is 12.4 Å². The predicted octanol–water partition coefficient (Wildman–Crippen LogP) is 7.08. The summed E-state index contributed by atoms with van der Waals surface area (Å²) in [6.45, 7) is 25.3. The Bertz CT molecular complexity index is 1230. The molecule has 0 amide bonds. The number of aliphatic hydroxyl groups is 2. The Labute approximate surface area is 253 Å². The second kappa shape index (κ2) is 11.8. The van der Waals surface area contributed by atoms with E-state index in [1.54, 1.807) is 12.4 Å². The maximum atomic E-state index is 11.2. The highest BCUT2D eigenvalue weighted by Crippen LogP contribution is 2.39. The third-order valence-electron chi connectivity index (χ3n) is 8.29. The normalized spacial score (nSPS) is 22.8. The van der Waals surface area contributed by atoms with Crippen LogP contribution in [0, 0.1) is 0 Å². The van der Waals surface area contributed by atoms with Crippen LogP contribution >= 0.6 is 0 Å². The highest BCUT2D eigenvalue weighted by Gasteiger charge is 2.35. The van der Waals surface area contributed by atoms with E-state index in [0.717, 1.165) is 22.3 Å². The number of rotatable bonds is 4. The van der Waals surface area contributed by atoms with Gasteiger partial charge in [-0.15, -0.1) is 0 Å². The zero-order chi connectivity index (χ0) is 32.0. The van der Waals surface area contributed by atoms with E-state index < -0.39 is 24.3 Å². The predicted molar refractivity (Wildman–Crippen MR) is 175 cm³/mol. The summed E-state index contributed by atoms with van der Waals surface area (Å²) in [5.41, 5.74) is 4.40. The van der Waals surface area contributed by atoms with Gasteiger partial charge >= 0.3 is 0 Å². The van der Waals surface area contributed by atoms with E-state index in [9.17, 15) is 20.4 Å². The fourth-order valence-corrected chi connectivity index (χ4v) is 5.32. The highest BCUT2D eigenvalue weighted by atomic mass is 16.3. The van der Waals surface area contributed by atoms with Crippen molar-refractivity contribution in [1.82, 2.24) is 0 Å². The fraction of sp³-hybridized carbons (Fsp3) is 0.611. The molecule has 0 aromatic heterocycles. The third kappa shape index (κ3) is 7.82. The summed E-state index contributed by atoms with van der Waals surface area (Å²) >= 11 is 0. The molecule has 0 aliphatic heterocycles. The van der Waals surface area contributed by atoms with Gasteiger partial charge in [-0.3, -0.25) is 9.98 Å². The van der Waals surface area contributed by atoms with Gasteiger partial charge in [0.15, 0.2) is 0 Å². The molecule has 0 saturated heterocycles. The van der Waals surface area contributed by atoms with E-state index in [4.69, 9.17) is 9.98 Å². The Balaban J connectivity index is 2.06. The summed E-state index contributed by atoms with van der Waals surface area (Å²) < 4.78 is 0. The van der Waals surface area contributed by atoms with Gasteiger partial charge in [0.25, 0.3) is 0 Å². The lowest BCUT2D eigenvalue weighted by molar-refractivity contribution is -0.0191. The van der Waals surface area contributed by atoms with Crippen molar-refractivity contribution in [3.8, 4) is 11.5 Å². The topological polar surface area (TPSA) is 106 Å². The molecule has 6 heteroatoms. The average molecular weight is 579 g/mol. The van der Waals surface area contributed by atoms with E-state index in [1.165, 1.54) is 0 Å². The second-order valence-corrected chi connectivity index (χ2v) is 16.2. The molecule has 0 spiro atoms. The smallest absolute Gasteiger partial charge is 0.128 e. The maximum absolute atomic E-state index is 11.2. The van der Waals surface area contributed by atoms with Gasteiger partial charge in [0.1, 0.15) is 11.5 Å². The largest absolute Gasteiger partial charge is 0.507 e. The lowest BCUT2D eigenvalue weighted by Gasteiger charge is -2.33. The van der Waals surface area contributed by atoms with Gasteiger partial charge in [-0.1, -0.05) is 95.2 Å². The van der Waals surface area contributed by atoms with Crippen molar-refractivity contribution in [3.63, 3.8) is 0 Å². The number of aliphatic imine (C=N–C) groups is 2. The Morgan fingerprint density at radius 2 is 0.857 bits per heavy atom. The first-order valence-electron chi connectivity index (χ1n) is 15.2. The van der Waals surface area contributed by atoms with Gasteiger partial charge in [0.05, 0.1) is 24.3 Å². The van der Waals surface area contributed by atoms with Crippen molar-refractivity contribution in [1.29, 1.82) is 0 Å². The number of hydrogen-bond donors (Lipinski definition) is 4. The third-order valence-corrected chi connectivity index (χ3v) is 8.29. The minimum Gasteiger partial charge on any atom is -0.507 e. The van der Waals surface area contributed by atoms with Crippen molar-refractivity contribution in [2.45, 2.75) is 142 Å². The van der Waals surface area contributed by atoms with E-state index in [2.05, 4.69) is 95.2 Å². The van der Waals surface area contributed by atoms with Crippen molar-refractivity contribution in [2.75, 3.05) is 0 Å². The first-order valence-corrected chi connectivity index (χ1v) is 15.2. The van der Waals surface area contributed by atoms with Gasteiger partial charge in [-0.2, -0.15) is 0 Å². The van der Waals surface area contributed by atoms with Gasteiger partial charge in [0.2, 0.25) is 0 Å². The van der Waals surface area contributed by atoms with Crippen molar-refractivity contribution in [3.05, 3.63) is 57.6 Å². The summed E-state index contributed by atoms with van der Waals surface area (Å²) in [4.78, 5) is 9.69. The van der Waals surface area contributed by atoms with Crippen molar-refractivity contribution < 1.29 is 20.4 Å². The molecule has 0 unspecified atom stereocenters. The van der Waals surface area contributed by atoms with E-state index in [-0.39, 0.29) is 46.0 Å². The molecule has 0 radical (unpaired) electrons. The van der Waals surface area contributed by atoms with E-state index >= 15 is 0 Å². The van der Waals surface area contributed by atoms with Crippen LogP contribution < -0.4 is 0 Å². The molecular weight excluding hydrogens is 524 g/mol. The van der Waals surface area contributed by atoms with Crippen LogP contribution in [0.15, 0.2) is 34.3 Å². The summed E-state index contributed by atoms with van der Waals surface area (Å²) in [5.74, 6) is 0.406. The lowest BCUT2D eigenvalue weighted by Crippen LogP contribution is -2.43. The molecule has 4 atom stereocenters. The van der Waals surface area contributed by atoms with Crippen LogP contribution in [0.25, 0.3) is 0 Å². The second-order valence-electron chi connectivity index (χ2n) is 16.2. The first kappa shape index (κ1) is 33.8. The molecule has 1 aliphatic carbocycles. The van der Waals surface area contributed by atoms with Gasteiger partial charge < -0.3 is 20.4 Å². The van der Waals surface area contributed by atoms with Crippen LogP contribution in [-0.2, 0) is 21.7 Å². The number of nitrogens with zero attached hydrogens (tertiary/aromatic N) is 2. The molecule has 3 rings (SSSR count). The number of phenols is 2. The molecule has 2 aromatic carbocycles. The number of phenolic OH excluding ortho intramolecular Hbond substituents is 2. The molecule has 4 N–H and O–H groups in total. The summed E-state index contributed by atoms with van der Waals surface area (Å²) in [7, 11) is 0. The Morgan fingerprint density at radius 1 is 0.548 bits per heavy atom. The van der Waals surface area contributed by atoms with E-state index in [1.807, 2.05) is 12.1 Å². The number of benzene rings is 2. The summed E-state index contributed by atoms with van der Waals surface area (Å²) in [6.07, 6.45) is 2.03. The molecule has 1 saturated carbocycles. The van der Waals surface area contributed by atoms with Crippen LogP contribution in [0.5, 0.6) is 11.5 Å². The SMILES string of the molecule is CC(C)(C)c1cc(C=N[C@H]2C[C@@H](O)[C@@H](O)C[C@H]2N=Cc2cc(C(C)(C)C)cc(C(C)(C)C)c2O)c(O)c(C(C)(C)C)c1. The zero-order valence-electron chi connectivity index (χ0n) is 27.9. The number of hydrogen-bond acceptors (Lipinski definition) is 6. The molecule has 0 heterocycles. The van der Waals surface area contributed by atoms with Gasteiger partial charge in [-0.05, 0) is 44.9 Å². The quantitative estimate of drug-likeness (QED) is 0.291. The number of aliphatic hydroxyl groups excluding tert-OH is 2. The minimum absolute atomic E-state index is 0.121. The Hall–Kier alpha value is -2.70. The van der Waals surface area contributed by atoms with Crippen LogP contribution in [0.3, 0.4) is 0 Å². The first-order chi connectivity index (χ1) is 19.0. The minimum atomic E-state index is -0.914. The maximum Gasteiger partial charge on any atom is 0.128 e. The van der Waals surface area contributed by atoms with Crippen LogP contribution in [0.4, 0.5) is 0 Å². The Kier molecular flexibility index (Phi) is 9.47. The molecule has 42 heavy (non-hydrogen) atoms. The Morgan fingerprint density at radius 3 is 1.12 bits per heavy atom. The zero-order valence-corrected chi connectivity index (χ0v) is 27.9. The highest BCUT2D eigenvalue weighted by molar-refractivity contribution is 5.86. The lowest BCUT2D eigenvalue weighted by atomic mass is 9.79.